The average Bonchev–Trinajstić information content (AvgIpc) is 2.64. The molecule has 2 aromatic carbocycles. The van der Waals surface area contributed by atoms with Gasteiger partial charge in [-0.3, -0.25) is 9.52 Å². The van der Waals surface area contributed by atoms with Gasteiger partial charge in [-0.2, -0.15) is 0 Å². The van der Waals surface area contributed by atoms with Crippen molar-refractivity contribution in [1.82, 2.24) is 4.90 Å². The molecule has 0 spiro atoms. The number of nitrogens with one attached hydrogen (secondary N) is 1. The largest absolute Gasteiger partial charge is 0.378 e. The van der Waals surface area contributed by atoms with Crippen LogP contribution in [0.5, 0.6) is 0 Å². The summed E-state index contributed by atoms with van der Waals surface area (Å²) < 4.78 is 33.2. The van der Waals surface area contributed by atoms with Gasteiger partial charge in [0, 0.05) is 23.7 Å². The van der Waals surface area contributed by atoms with E-state index in [-0.39, 0.29) is 21.5 Å². The van der Waals surface area contributed by atoms with Gasteiger partial charge >= 0.3 is 0 Å². The Kier molecular flexibility index (Phi) is 5.95. The van der Waals surface area contributed by atoms with Crippen LogP contribution in [0.4, 0.5) is 5.69 Å². The molecule has 1 N–H and O–H groups in total. The molecule has 3 rings (SSSR count). The van der Waals surface area contributed by atoms with Crippen LogP contribution in [0.1, 0.15) is 15.9 Å². The van der Waals surface area contributed by atoms with Crippen molar-refractivity contribution in [2.45, 2.75) is 11.8 Å². The Labute approximate surface area is 168 Å². The molecule has 0 aliphatic carbocycles. The van der Waals surface area contributed by atoms with Crippen molar-refractivity contribution in [1.29, 1.82) is 0 Å². The average molecular weight is 429 g/mol. The standard InChI is InChI=1S/C18H18Cl2N2O4S/c1-12-2-4-14(11-15(12)18(23)22-6-8-26-9-7-22)27(24,25)21-17-5-3-13(19)10-16(17)20/h2-5,10-11,21H,6-9H2,1H3. The minimum Gasteiger partial charge on any atom is -0.378 e. The smallest absolute Gasteiger partial charge is 0.261 e. The molecule has 1 saturated heterocycles. The van der Waals surface area contributed by atoms with Crippen LogP contribution in [0, 0.1) is 6.92 Å². The number of morpholine rings is 1. The zero-order valence-electron chi connectivity index (χ0n) is 14.5. The van der Waals surface area contributed by atoms with Crippen molar-refractivity contribution >= 4 is 44.8 Å². The number of ether oxygens (including phenoxy) is 1. The van der Waals surface area contributed by atoms with Crippen LogP contribution in [0.2, 0.25) is 10.0 Å². The second kappa shape index (κ2) is 8.06. The maximum Gasteiger partial charge on any atom is 0.261 e. The van der Waals surface area contributed by atoms with Crippen molar-refractivity contribution in [2.24, 2.45) is 0 Å². The van der Waals surface area contributed by atoms with Gasteiger partial charge in [-0.15, -0.1) is 0 Å². The van der Waals surface area contributed by atoms with Gasteiger partial charge in [-0.1, -0.05) is 29.3 Å². The molecule has 1 amide bonds. The zero-order valence-corrected chi connectivity index (χ0v) is 16.9. The molecule has 1 aliphatic heterocycles. The number of nitrogens with zero attached hydrogens (tertiary/aromatic N) is 1. The summed E-state index contributed by atoms with van der Waals surface area (Å²) in [6.07, 6.45) is 0. The molecular formula is C18H18Cl2N2O4S. The number of carbonyl (C=O) groups excluding carboxylic acids is 1. The molecule has 27 heavy (non-hydrogen) atoms. The number of anilines is 1. The van der Waals surface area contributed by atoms with Gasteiger partial charge < -0.3 is 9.64 Å². The maximum atomic E-state index is 12.8. The number of rotatable bonds is 4. The lowest BCUT2D eigenvalue weighted by molar-refractivity contribution is 0.0302. The Hall–Kier alpha value is -1.80. The lowest BCUT2D eigenvalue weighted by Gasteiger charge is -2.27. The van der Waals surface area contributed by atoms with Crippen LogP contribution in [0.25, 0.3) is 0 Å². The van der Waals surface area contributed by atoms with Gasteiger partial charge in [-0.05, 0) is 42.8 Å². The summed E-state index contributed by atoms with van der Waals surface area (Å²) in [6.45, 7) is 3.67. The number of halogens is 2. The van der Waals surface area contributed by atoms with Crippen molar-refractivity contribution in [2.75, 3.05) is 31.0 Å². The summed E-state index contributed by atoms with van der Waals surface area (Å²) in [5, 5.41) is 0.583. The summed E-state index contributed by atoms with van der Waals surface area (Å²) >= 11 is 11.9. The number of sulfonamides is 1. The SMILES string of the molecule is Cc1ccc(S(=O)(=O)Nc2ccc(Cl)cc2Cl)cc1C(=O)N1CCOCC1. The molecule has 0 aromatic heterocycles. The number of carbonyl (C=O) groups is 1. The fourth-order valence-electron chi connectivity index (χ4n) is 2.71. The number of aryl methyl sites for hydroxylation is 1. The second-order valence-electron chi connectivity index (χ2n) is 6.11. The molecular weight excluding hydrogens is 411 g/mol. The Balaban J connectivity index is 1.90. The van der Waals surface area contributed by atoms with E-state index in [2.05, 4.69) is 4.72 Å². The topological polar surface area (TPSA) is 75.7 Å². The molecule has 0 atom stereocenters. The highest BCUT2D eigenvalue weighted by Crippen LogP contribution is 2.28. The first kappa shape index (κ1) is 19.9. The van der Waals surface area contributed by atoms with Gasteiger partial charge in [0.05, 0.1) is 28.8 Å². The van der Waals surface area contributed by atoms with E-state index in [1.54, 1.807) is 17.9 Å². The van der Waals surface area contributed by atoms with Crippen LogP contribution >= 0.6 is 23.2 Å². The minimum absolute atomic E-state index is 0.0178. The van der Waals surface area contributed by atoms with E-state index in [1.165, 1.54) is 30.3 Å². The lowest BCUT2D eigenvalue weighted by atomic mass is 10.1. The zero-order chi connectivity index (χ0) is 19.6. The van der Waals surface area contributed by atoms with Crippen molar-refractivity contribution in [3.05, 3.63) is 57.6 Å². The summed E-state index contributed by atoms with van der Waals surface area (Å²) in [4.78, 5) is 14.4. The monoisotopic (exact) mass is 428 g/mol. The fraction of sp³-hybridized carbons (Fsp3) is 0.278. The van der Waals surface area contributed by atoms with E-state index in [0.29, 0.717) is 42.5 Å². The van der Waals surface area contributed by atoms with Crippen molar-refractivity contribution in [3.63, 3.8) is 0 Å². The first-order valence-corrected chi connectivity index (χ1v) is 10.5. The minimum atomic E-state index is -3.93. The third-order valence-corrected chi connectivity index (χ3v) is 6.13. The molecule has 0 saturated carbocycles. The first-order valence-electron chi connectivity index (χ1n) is 8.23. The van der Waals surface area contributed by atoms with E-state index < -0.39 is 10.0 Å². The highest BCUT2D eigenvalue weighted by atomic mass is 35.5. The van der Waals surface area contributed by atoms with Gasteiger partial charge in [0.15, 0.2) is 0 Å². The molecule has 0 bridgehead atoms. The molecule has 9 heteroatoms. The van der Waals surface area contributed by atoms with E-state index in [1.807, 2.05) is 0 Å². The van der Waals surface area contributed by atoms with Crippen LogP contribution in [0.15, 0.2) is 41.3 Å². The number of hydrogen-bond acceptors (Lipinski definition) is 4. The predicted octanol–water partition coefficient (Wildman–Crippen LogP) is 3.58. The Bertz CT molecular complexity index is 973. The molecule has 144 valence electrons. The number of benzene rings is 2. The summed E-state index contributed by atoms with van der Waals surface area (Å²) in [5.41, 5.74) is 1.26. The first-order chi connectivity index (χ1) is 12.8. The molecule has 1 fully saturated rings. The Morgan fingerprint density at radius 3 is 2.48 bits per heavy atom. The van der Waals surface area contributed by atoms with Gasteiger partial charge in [0.2, 0.25) is 0 Å². The molecule has 6 nitrogen and oxygen atoms in total. The van der Waals surface area contributed by atoms with Gasteiger partial charge in [0.25, 0.3) is 15.9 Å². The highest BCUT2D eigenvalue weighted by Gasteiger charge is 2.23. The number of hydrogen-bond donors (Lipinski definition) is 1. The predicted molar refractivity (Wildman–Crippen MR) is 105 cm³/mol. The molecule has 0 radical (unpaired) electrons. The lowest BCUT2D eigenvalue weighted by Crippen LogP contribution is -2.41. The number of amides is 1. The summed E-state index contributed by atoms with van der Waals surface area (Å²) in [7, 11) is -3.93. The summed E-state index contributed by atoms with van der Waals surface area (Å²) in [5.74, 6) is -0.211. The van der Waals surface area contributed by atoms with E-state index in [9.17, 15) is 13.2 Å². The van der Waals surface area contributed by atoms with Gasteiger partial charge in [-0.25, -0.2) is 8.42 Å². The van der Waals surface area contributed by atoms with Crippen LogP contribution in [0.3, 0.4) is 0 Å². The third-order valence-electron chi connectivity index (χ3n) is 4.22. The third kappa shape index (κ3) is 4.55. The molecule has 1 heterocycles. The van der Waals surface area contributed by atoms with Crippen molar-refractivity contribution in [3.8, 4) is 0 Å². The van der Waals surface area contributed by atoms with Crippen LogP contribution < -0.4 is 4.72 Å². The molecule has 1 aliphatic rings. The Morgan fingerprint density at radius 1 is 1.11 bits per heavy atom. The van der Waals surface area contributed by atoms with Gasteiger partial charge in [0.1, 0.15) is 0 Å². The van der Waals surface area contributed by atoms with E-state index in [0.717, 1.165) is 0 Å². The highest BCUT2D eigenvalue weighted by molar-refractivity contribution is 7.92. The Morgan fingerprint density at radius 2 is 1.81 bits per heavy atom. The summed E-state index contributed by atoms with van der Waals surface area (Å²) in [6, 6.07) is 8.93. The van der Waals surface area contributed by atoms with E-state index >= 15 is 0 Å². The normalized spacial score (nSPS) is 14.9. The molecule has 0 unspecified atom stereocenters. The fourth-order valence-corrected chi connectivity index (χ4v) is 4.33. The van der Waals surface area contributed by atoms with E-state index in [4.69, 9.17) is 27.9 Å². The maximum absolute atomic E-state index is 12.8. The second-order valence-corrected chi connectivity index (χ2v) is 8.64. The van der Waals surface area contributed by atoms with Crippen molar-refractivity contribution < 1.29 is 17.9 Å². The quantitative estimate of drug-likeness (QED) is 0.807. The molecule has 2 aromatic rings. The van der Waals surface area contributed by atoms with Crippen LogP contribution in [-0.4, -0.2) is 45.5 Å². The van der Waals surface area contributed by atoms with Crippen LogP contribution in [-0.2, 0) is 14.8 Å².